The number of hydrogen-bond donors (Lipinski definition) is 2. The van der Waals surface area contributed by atoms with Gasteiger partial charge in [-0.2, -0.15) is 0 Å². The van der Waals surface area contributed by atoms with Crippen LogP contribution in [-0.2, 0) is 11.3 Å². The number of halogens is 1. The molecular formula is C24H35IN4O2. The van der Waals surface area contributed by atoms with Gasteiger partial charge in [-0.3, -0.25) is 4.99 Å². The van der Waals surface area contributed by atoms with Crippen LogP contribution in [0.1, 0.15) is 17.5 Å². The van der Waals surface area contributed by atoms with Gasteiger partial charge in [-0.1, -0.05) is 30.3 Å². The summed E-state index contributed by atoms with van der Waals surface area (Å²) in [6, 6.07) is 16.7. The Kier molecular flexibility index (Phi) is 10.9. The number of rotatable bonds is 9. The minimum absolute atomic E-state index is 0. The summed E-state index contributed by atoms with van der Waals surface area (Å²) >= 11 is 0. The van der Waals surface area contributed by atoms with Gasteiger partial charge in [0.2, 0.25) is 0 Å². The standard InChI is InChI=1S/C24H34N4O2.HI/c1-19-9-10-21(23(15-19)30-18-20-11-14-29-17-20)16-27-24(25-2)26-12-13-28(3)22-7-5-4-6-8-22;/h4-10,15,20H,11-14,16-18H2,1-3H3,(H2,25,26,27);1H. The lowest BCUT2D eigenvalue weighted by atomic mass is 10.1. The van der Waals surface area contributed by atoms with E-state index in [1.807, 2.05) is 6.07 Å². The van der Waals surface area contributed by atoms with Crippen LogP contribution >= 0.6 is 24.0 Å². The third-order valence-corrected chi connectivity index (χ3v) is 5.33. The second-order valence-corrected chi connectivity index (χ2v) is 7.76. The van der Waals surface area contributed by atoms with E-state index < -0.39 is 0 Å². The van der Waals surface area contributed by atoms with E-state index in [0.717, 1.165) is 50.0 Å². The predicted molar refractivity (Wildman–Crippen MR) is 139 cm³/mol. The van der Waals surface area contributed by atoms with E-state index in [9.17, 15) is 0 Å². The van der Waals surface area contributed by atoms with Crippen molar-refractivity contribution >= 4 is 35.6 Å². The predicted octanol–water partition coefficient (Wildman–Crippen LogP) is 3.83. The molecule has 1 atom stereocenters. The molecule has 0 saturated carbocycles. The van der Waals surface area contributed by atoms with Gasteiger partial charge in [0.25, 0.3) is 0 Å². The van der Waals surface area contributed by atoms with E-state index in [2.05, 4.69) is 77.0 Å². The molecule has 0 amide bonds. The maximum Gasteiger partial charge on any atom is 0.191 e. The number of nitrogens with zero attached hydrogens (tertiary/aromatic N) is 2. The normalized spacial score (nSPS) is 15.8. The van der Waals surface area contributed by atoms with Crippen LogP contribution in [0.3, 0.4) is 0 Å². The zero-order valence-corrected chi connectivity index (χ0v) is 21.1. The molecule has 1 saturated heterocycles. The van der Waals surface area contributed by atoms with Gasteiger partial charge >= 0.3 is 0 Å². The Hall–Kier alpha value is -2.00. The molecule has 0 aromatic heterocycles. The smallest absolute Gasteiger partial charge is 0.191 e. The fourth-order valence-corrected chi connectivity index (χ4v) is 3.42. The molecule has 1 fully saturated rings. The van der Waals surface area contributed by atoms with Crippen LogP contribution in [-0.4, -0.2) is 53.0 Å². The zero-order chi connectivity index (χ0) is 21.2. The molecule has 1 unspecified atom stereocenters. The molecule has 0 bridgehead atoms. The zero-order valence-electron chi connectivity index (χ0n) is 18.8. The van der Waals surface area contributed by atoms with E-state index in [0.29, 0.717) is 19.1 Å². The number of benzene rings is 2. The van der Waals surface area contributed by atoms with Gasteiger partial charge in [0, 0.05) is 57.5 Å². The summed E-state index contributed by atoms with van der Waals surface area (Å²) in [6.07, 6.45) is 1.08. The van der Waals surface area contributed by atoms with Crippen molar-refractivity contribution in [2.45, 2.75) is 19.9 Å². The van der Waals surface area contributed by atoms with Gasteiger partial charge in [-0.15, -0.1) is 24.0 Å². The lowest BCUT2D eigenvalue weighted by Gasteiger charge is -2.21. The molecular weight excluding hydrogens is 503 g/mol. The summed E-state index contributed by atoms with van der Waals surface area (Å²) in [5, 5.41) is 6.79. The fraction of sp³-hybridized carbons (Fsp3) is 0.458. The SMILES string of the molecule is CN=C(NCCN(C)c1ccccc1)NCc1ccc(C)cc1OCC1CCOC1.I. The molecule has 1 aliphatic rings. The highest BCUT2D eigenvalue weighted by Gasteiger charge is 2.17. The molecule has 170 valence electrons. The first-order chi connectivity index (χ1) is 14.7. The van der Waals surface area contributed by atoms with Crippen LogP contribution in [0.4, 0.5) is 5.69 Å². The lowest BCUT2D eigenvalue weighted by molar-refractivity contribution is 0.166. The third kappa shape index (κ3) is 8.22. The molecule has 0 aliphatic carbocycles. The first kappa shape index (κ1) is 25.3. The van der Waals surface area contributed by atoms with Crippen LogP contribution in [0.2, 0.25) is 0 Å². The second-order valence-electron chi connectivity index (χ2n) is 7.76. The quantitative estimate of drug-likeness (QED) is 0.289. The van der Waals surface area contributed by atoms with Crippen molar-refractivity contribution in [3.8, 4) is 5.75 Å². The number of ether oxygens (including phenoxy) is 2. The van der Waals surface area contributed by atoms with E-state index in [1.165, 1.54) is 11.3 Å². The number of aryl methyl sites for hydroxylation is 1. The Morgan fingerprint density at radius 1 is 1.19 bits per heavy atom. The average molecular weight is 538 g/mol. The largest absolute Gasteiger partial charge is 0.493 e. The molecule has 0 radical (unpaired) electrons. The number of para-hydroxylation sites is 1. The number of anilines is 1. The minimum atomic E-state index is 0. The maximum atomic E-state index is 6.14. The van der Waals surface area contributed by atoms with Gasteiger partial charge in [-0.05, 0) is 37.1 Å². The molecule has 2 aromatic rings. The van der Waals surface area contributed by atoms with Crippen molar-refractivity contribution in [1.82, 2.24) is 10.6 Å². The summed E-state index contributed by atoms with van der Waals surface area (Å²) in [7, 11) is 3.89. The number of likely N-dealkylation sites (N-methyl/N-ethyl adjacent to an activating group) is 1. The van der Waals surface area contributed by atoms with Crippen molar-refractivity contribution in [3.05, 3.63) is 59.7 Å². The first-order valence-corrected chi connectivity index (χ1v) is 10.7. The summed E-state index contributed by atoms with van der Waals surface area (Å²) in [5.41, 5.74) is 3.53. The molecule has 2 N–H and O–H groups in total. The highest BCUT2D eigenvalue weighted by atomic mass is 127. The summed E-state index contributed by atoms with van der Waals surface area (Å²) in [5.74, 6) is 2.21. The van der Waals surface area contributed by atoms with Gasteiger partial charge in [0.05, 0.1) is 13.2 Å². The van der Waals surface area contributed by atoms with Crippen LogP contribution < -0.4 is 20.3 Å². The molecule has 6 nitrogen and oxygen atoms in total. The number of nitrogens with one attached hydrogen (secondary N) is 2. The lowest BCUT2D eigenvalue weighted by Crippen LogP contribution is -2.40. The highest BCUT2D eigenvalue weighted by Crippen LogP contribution is 2.22. The van der Waals surface area contributed by atoms with Gasteiger partial charge in [-0.25, -0.2) is 0 Å². The van der Waals surface area contributed by atoms with Crippen molar-refractivity contribution < 1.29 is 9.47 Å². The molecule has 7 heteroatoms. The van der Waals surface area contributed by atoms with Crippen molar-refractivity contribution in [1.29, 1.82) is 0 Å². The minimum Gasteiger partial charge on any atom is -0.493 e. The molecule has 31 heavy (non-hydrogen) atoms. The summed E-state index contributed by atoms with van der Waals surface area (Å²) in [6.45, 7) is 6.77. The van der Waals surface area contributed by atoms with E-state index in [4.69, 9.17) is 9.47 Å². The second kappa shape index (κ2) is 13.4. The van der Waals surface area contributed by atoms with Crippen molar-refractivity contribution in [3.63, 3.8) is 0 Å². The third-order valence-electron chi connectivity index (χ3n) is 5.33. The topological polar surface area (TPSA) is 58.1 Å². The van der Waals surface area contributed by atoms with Crippen LogP contribution in [0, 0.1) is 12.8 Å². The summed E-state index contributed by atoms with van der Waals surface area (Å²) < 4.78 is 11.6. The van der Waals surface area contributed by atoms with E-state index in [1.54, 1.807) is 7.05 Å². The van der Waals surface area contributed by atoms with Crippen molar-refractivity contribution in [2.24, 2.45) is 10.9 Å². The molecule has 0 spiro atoms. The monoisotopic (exact) mass is 538 g/mol. The molecule has 3 rings (SSSR count). The Morgan fingerprint density at radius 3 is 2.71 bits per heavy atom. The first-order valence-electron chi connectivity index (χ1n) is 10.7. The van der Waals surface area contributed by atoms with Gasteiger partial charge in [0.1, 0.15) is 5.75 Å². The average Bonchev–Trinajstić information content (AvgIpc) is 3.29. The molecule has 1 aliphatic heterocycles. The van der Waals surface area contributed by atoms with Crippen molar-refractivity contribution in [2.75, 3.05) is 51.9 Å². The fourth-order valence-electron chi connectivity index (χ4n) is 3.42. The maximum absolute atomic E-state index is 6.14. The number of guanidine groups is 1. The Balaban J connectivity index is 0.00000341. The van der Waals surface area contributed by atoms with Gasteiger partial charge < -0.3 is 25.0 Å². The van der Waals surface area contributed by atoms with Gasteiger partial charge in [0.15, 0.2) is 5.96 Å². The van der Waals surface area contributed by atoms with Crippen LogP contribution in [0.25, 0.3) is 0 Å². The van der Waals surface area contributed by atoms with Crippen LogP contribution in [0.5, 0.6) is 5.75 Å². The van der Waals surface area contributed by atoms with E-state index >= 15 is 0 Å². The molecule has 1 heterocycles. The number of hydrogen-bond acceptors (Lipinski definition) is 4. The van der Waals surface area contributed by atoms with Crippen LogP contribution in [0.15, 0.2) is 53.5 Å². The van der Waals surface area contributed by atoms with E-state index in [-0.39, 0.29) is 24.0 Å². The molecule has 2 aromatic carbocycles. The Labute approximate surface area is 203 Å². The summed E-state index contributed by atoms with van der Waals surface area (Å²) in [4.78, 5) is 6.57. The Morgan fingerprint density at radius 2 is 2.00 bits per heavy atom. The highest BCUT2D eigenvalue weighted by molar-refractivity contribution is 14.0. The Bertz CT molecular complexity index is 810. The number of aliphatic imine (C=N–C) groups is 1.